The van der Waals surface area contributed by atoms with E-state index in [1.807, 2.05) is 37.4 Å². The number of carbonyl (C=O) groups excluding carboxylic acids is 1. The molecule has 0 unspecified atom stereocenters. The summed E-state index contributed by atoms with van der Waals surface area (Å²) in [6.45, 7) is 3.97. The van der Waals surface area contributed by atoms with Crippen LogP contribution >= 0.6 is 0 Å². The van der Waals surface area contributed by atoms with E-state index in [-0.39, 0.29) is 5.91 Å². The average Bonchev–Trinajstić information content (AvgIpc) is 3.53. The molecule has 1 amide bonds. The van der Waals surface area contributed by atoms with E-state index in [0.717, 1.165) is 53.1 Å². The molecule has 0 atom stereocenters. The minimum absolute atomic E-state index is 0.0275. The van der Waals surface area contributed by atoms with Crippen molar-refractivity contribution in [3.8, 4) is 22.8 Å². The summed E-state index contributed by atoms with van der Waals surface area (Å²) in [6, 6.07) is 7.68. The molecule has 10 heteroatoms. The number of hydrogen-bond acceptors (Lipinski definition) is 7. The number of imidazole rings is 1. The Bertz CT molecular complexity index is 1550. The van der Waals surface area contributed by atoms with Gasteiger partial charge in [-0.2, -0.15) is 5.10 Å². The van der Waals surface area contributed by atoms with Gasteiger partial charge in [0.25, 0.3) is 0 Å². The number of nitrogens with zero attached hydrogens (tertiary/aromatic N) is 6. The number of H-pyrrole nitrogens is 2. The van der Waals surface area contributed by atoms with Crippen LogP contribution in [0.3, 0.4) is 0 Å². The molecule has 0 bridgehead atoms. The maximum atomic E-state index is 12.0. The SMILES string of the molecule is CCCC(=O)Nc1cncc(-c2ccc3[nH]nc(-c4nc5c(N6CCCCC6)nccc5[nH]4)c3n2)c1. The number of piperidine rings is 1. The second kappa shape index (κ2) is 9.37. The molecular formula is C26H27N9O. The Morgan fingerprint density at radius 1 is 1.06 bits per heavy atom. The lowest BCUT2D eigenvalue weighted by Crippen LogP contribution is -2.30. The fraction of sp³-hybridized carbons (Fsp3) is 0.308. The Hall–Kier alpha value is -4.34. The van der Waals surface area contributed by atoms with Crippen LogP contribution in [-0.4, -0.2) is 54.1 Å². The van der Waals surface area contributed by atoms with Crippen LogP contribution in [0.5, 0.6) is 0 Å². The summed E-state index contributed by atoms with van der Waals surface area (Å²) in [6.07, 6.45) is 10.1. The summed E-state index contributed by atoms with van der Waals surface area (Å²) in [5.74, 6) is 1.53. The standard InChI is InChI=1S/C26H27N9O/c1-2-6-21(36)29-17-13-16(14-27-15-17)18-7-8-20-22(30-18)24(34-33-20)25-31-19-9-10-28-26(23(19)32-25)35-11-4-3-5-12-35/h7-10,13-15H,2-6,11-12H2,1H3,(H,29,36)(H,31,32)(H,33,34). The van der Waals surface area contributed by atoms with Crippen molar-refractivity contribution >= 4 is 39.5 Å². The molecule has 1 fully saturated rings. The van der Waals surface area contributed by atoms with Crippen LogP contribution in [0.2, 0.25) is 0 Å². The number of amides is 1. The van der Waals surface area contributed by atoms with Crippen molar-refractivity contribution in [2.45, 2.75) is 39.0 Å². The molecule has 36 heavy (non-hydrogen) atoms. The monoisotopic (exact) mass is 481 g/mol. The number of rotatable bonds is 6. The van der Waals surface area contributed by atoms with Crippen molar-refractivity contribution in [3.05, 3.63) is 42.9 Å². The van der Waals surface area contributed by atoms with Crippen molar-refractivity contribution < 1.29 is 4.79 Å². The lowest BCUT2D eigenvalue weighted by atomic mass is 10.1. The van der Waals surface area contributed by atoms with Crippen LogP contribution in [0.4, 0.5) is 11.5 Å². The van der Waals surface area contributed by atoms with Gasteiger partial charge in [-0.15, -0.1) is 0 Å². The summed E-state index contributed by atoms with van der Waals surface area (Å²) >= 11 is 0. The van der Waals surface area contributed by atoms with Gasteiger partial charge in [0, 0.05) is 37.5 Å². The van der Waals surface area contributed by atoms with Crippen molar-refractivity contribution in [2.75, 3.05) is 23.3 Å². The Balaban J connectivity index is 1.37. The van der Waals surface area contributed by atoms with E-state index < -0.39 is 0 Å². The smallest absolute Gasteiger partial charge is 0.224 e. The summed E-state index contributed by atoms with van der Waals surface area (Å²) in [5.41, 5.74) is 6.12. The van der Waals surface area contributed by atoms with E-state index in [4.69, 9.17) is 9.97 Å². The van der Waals surface area contributed by atoms with Crippen LogP contribution in [-0.2, 0) is 4.79 Å². The highest BCUT2D eigenvalue weighted by molar-refractivity contribution is 5.94. The second-order valence-corrected chi connectivity index (χ2v) is 9.09. The van der Waals surface area contributed by atoms with Crippen molar-refractivity contribution in [1.82, 2.24) is 35.1 Å². The lowest BCUT2D eigenvalue weighted by molar-refractivity contribution is -0.116. The zero-order chi connectivity index (χ0) is 24.5. The topological polar surface area (TPSA) is 128 Å². The third kappa shape index (κ3) is 4.15. The molecule has 1 aliphatic rings. The van der Waals surface area contributed by atoms with Crippen LogP contribution in [0.15, 0.2) is 42.9 Å². The molecule has 0 saturated carbocycles. The third-order valence-corrected chi connectivity index (χ3v) is 6.46. The summed E-state index contributed by atoms with van der Waals surface area (Å²) < 4.78 is 0. The molecule has 6 heterocycles. The van der Waals surface area contributed by atoms with Gasteiger partial charge in [0.15, 0.2) is 17.3 Å². The number of nitrogens with one attached hydrogen (secondary N) is 3. The van der Waals surface area contributed by atoms with E-state index >= 15 is 0 Å². The summed E-state index contributed by atoms with van der Waals surface area (Å²) in [5, 5.41) is 10.5. The number of aromatic nitrogens is 7. The van der Waals surface area contributed by atoms with Gasteiger partial charge in [0.1, 0.15) is 11.0 Å². The Labute approximate surface area is 207 Å². The van der Waals surface area contributed by atoms with Crippen LogP contribution in [0, 0.1) is 0 Å². The van der Waals surface area contributed by atoms with Gasteiger partial charge in [0.05, 0.1) is 28.6 Å². The van der Waals surface area contributed by atoms with E-state index in [0.29, 0.717) is 29.1 Å². The number of hydrogen-bond donors (Lipinski definition) is 3. The Kier molecular flexibility index (Phi) is 5.76. The van der Waals surface area contributed by atoms with Gasteiger partial charge < -0.3 is 15.2 Å². The fourth-order valence-corrected chi connectivity index (χ4v) is 4.69. The second-order valence-electron chi connectivity index (χ2n) is 9.09. The van der Waals surface area contributed by atoms with Crippen LogP contribution < -0.4 is 10.2 Å². The summed E-state index contributed by atoms with van der Waals surface area (Å²) in [7, 11) is 0. The first-order chi connectivity index (χ1) is 17.7. The number of carbonyl (C=O) groups is 1. The fourth-order valence-electron chi connectivity index (χ4n) is 4.69. The molecule has 0 radical (unpaired) electrons. The molecule has 0 aliphatic carbocycles. The minimum atomic E-state index is -0.0275. The van der Waals surface area contributed by atoms with Gasteiger partial charge in [-0.25, -0.2) is 15.0 Å². The number of aromatic amines is 2. The molecule has 5 aromatic heterocycles. The number of fused-ring (bicyclic) bond motifs is 2. The lowest BCUT2D eigenvalue weighted by Gasteiger charge is -2.27. The largest absolute Gasteiger partial charge is 0.355 e. The number of pyridine rings is 3. The van der Waals surface area contributed by atoms with Gasteiger partial charge in [-0.1, -0.05) is 6.92 Å². The summed E-state index contributed by atoms with van der Waals surface area (Å²) in [4.78, 5) is 36.5. The highest BCUT2D eigenvalue weighted by atomic mass is 16.1. The zero-order valence-corrected chi connectivity index (χ0v) is 20.1. The Morgan fingerprint density at radius 3 is 2.81 bits per heavy atom. The average molecular weight is 482 g/mol. The molecule has 1 saturated heterocycles. The van der Waals surface area contributed by atoms with E-state index in [9.17, 15) is 4.79 Å². The van der Waals surface area contributed by atoms with Gasteiger partial charge in [-0.05, 0) is 49.9 Å². The first kappa shape index (κ1) is 22.1. The van der Waals surface area contributed by atoms with Crippen LogP contribution in [0.25, 0.3) is 44.8 Å². The minimum Gasteiger partial charge on any atom is -0.355 e. The van der Waals surface area contributed by atoms with Crippen molar-refractivity contribution in [1.29, 1.82) is 0 Å². The predicted molar refractivity (Wildman–Crippen MR) is 140 cm³/mol. The van der Waals surface area contributed by atoms with Gasteiger partial charge in [0.2, 0.25) is 5.91 Å². The molecule has 1 aliphatic heterocycles. The molecule has 3 N–H and O–H groups in total. The third-order valence-electron chi connectivity index (χ3n) is 6.46. The number of anilines is 2. The molecule has 6 rings (SSSR count). The molecule has 5 aromatic rings. The highest BCUT2D eigenvalue weighted by Crippen LogP contribution is 2.31. The van der Waals surface area contributed by atoms with Gasteiger partial charge >= 0.3 is 0 Å². The molecule has 10 nitrogen and oxygen atoms in total. The normalized spacial score (nSPS) is 14.0. The highest BCUT2D eigenvalue weighted by Gasteiger charge is 2.20. The maximum absolute atomic E-state index is 12.0. The van der Waals surface area contributed by atoms with E-state index in [2.05, 4.69) is 35.4 Å². The molecule has 182 valence electrons. The van der Waals surface area contributed by atoms with Crippen molar-refractivity contribution in [3.63, 3.8) is 0 Å². The van der Waals surface area contributed by atoms with Crippen LogP contribution in [0.1, 0.15) is 39.0 Å². The zero-order valence-electron chi connectivity index (χ0n) is 20.1. The quantitative estimate of drug-likeness (QED) is 0.321. The van der Waals surface area contributed by atoms with E-state index in [1.54, 1.807) is 12.4 Å². The van der Waals surface area contributed by atoms with Gasteiger partial charge in [-0.3, -0.25) is 14.9 Å². The molecule has 0 aromatic carbocycles. The van der Waals surface area contributed by atoms with Crippen molar-refractivity contribution in [2.24, 2.45) is 0 Å². The van der Waals surface area contributed by atoms with E-state index in [1.165, 1.54) is 19.3 Å². The predicted octanol–water partition coefficient (Wildman–Crippen LogP) is 4.69. The molecular weight excluding hydrogens is 454 g/mol. The molecule has 0 spiro atoms. The Morgan fingerprint density at radius 2 is 1.94 bits per heavy atom. The maximum Gasteiger partial charge on any atom is 0.224 e. The first-order valence-corrected chi connectivity index (χ1v) is 12.4. The first-order valence-electron chi connectivity index (χ1n) is 12.4.